The van der Waals surface area contributed by atoms with E-state index >= 15 is 0 Å². The lowest BCUT2D eigenvalue weighted by Gasteiger charge is -2.29. The molecule has 6 heteroatoms. The van der Waals surface area contributed by atoms with E-state index in [2.05, 4.69) is 15.9 Å². The van der Waals surface area contributed by atoms with Crippen molar-refractivity contribution in [3.8, 4) is 0 Å². The Labute approximate surface area is 97.1 Å². The molecule has 0 rings (SSSR count). The standard InChI is InChI=1S/C9H16BrNO4/c1-5(10)9(11,6(12)13)7(14)15-8(2,3)4/h5H,11H2,1-4H3,(H,12,13)/t5?,9-/m0/s1. The second-order valence-electron chi connectivity index (χ2n) is 4.29. The summed E-state index contributed by atoms with van der Waals surface area (Å²) in [7, 11) is 0. The zero-order chi connectivity index (χ0) is 12.4. The molecule has 0 aliphatic carbocycles. The molecule has 0 saturated carbocycles. The molecule has 0 bridgehead atoms. The van der Waals surface area contributed by atoms with E-state index < -0.39 is 27.9 Å². The Morgan fingerprint density at radius 3 is 2.00 bits per heavy atom. The summed E-state index contributed by atoms with van der Waals surface area (Å²) in [5.41, 5.74) is 2.69. The van der Waals surface area contributed by atoms with Gasteiger partial charge in [0.25, 0.3) is 0 Å². The van der Waals surface area contributed by atoms with E-state index in [0.717, 1.165) is 0 Å². The van der Waals surface area contributed by atoms with Crippen LogP contribution in [0.25, 0.3) is 0 Å². The first-order chi connectivity index (χ1) is 6.51. The van der Waals surface area contributed by atoms with Crippen molar-refractivity contribution < 1.29 is 19.4 Å². The summed E-state index contributed by atoms with van der Waals surface area (Å²) in [5.74, 6) is -2.37. The molecule has 0 aliphatic heterocycles. The maximum atomic E-state index is 11.6. The van der Waals surface area contributed by atoms with Gasteiger partial charge >= 0.3 is 11.9 Å². The minimum absolute atomic E-state index is 0.725. The van der Waals surface area contributed by atoms with Crippen LogP contribution in [0.15, 0.2) is 0 Å². The van der Waals surface area contributed by atoms with Crippen molar-refractivity contribution in [2.24, 2.45) is 5.73 Å². The Hall–Kier alpha value is -0.620. The minimum Gasteiger partial charge on any atom is -0.479 e. The molecule has 0 amide bonds. The van der Waals surface area contributed by atoms with Gasteiger partial charge in [0.05, 0.1) is 4.83 Å². The fourth-order valence-corrected chi connectivity index (χ4v) is 1.17. The largest absolute Gasteiger partial charge is 0.479 e. The zero-order valence-electron chi connectivity index (χ0n) is 9.20. The van der Waals surface area contributed by atoms with Crippen molar-refractivity contribution in [3.63, 3.8) is 0 Å². The second-order valence-corrected chi connectivity index (χ2v) is 5.67. The van der Waals surface area contributed by atoms with Gasteiger partial charge in [-0.1, -0.05) is 15.9 Å². The summed E-state index contributed by atoms with van der Waals surface area (Å²) in [6, 6.07) is 0. The van der Waals surface area contributed by atoms with Crippen molar-refractivity contribution in [1.82, 2.24) is 0 Å². The third-order valence-corrected chi connectivity index (χ3v) is 2.44. The quantitative estimate of drug-likeness (QED) is 0.456. The van der Waals surface area contributed by atoms with Gasteiger partial charge in [-0.2, -0.15) is 0 Å². The fraction of sp³-hybridized carbons (Fsp3) is 0.778. The lowest BCUT2D eigenvalue weighted by Crippen LogP contribution is -2.62. The summed E-state index contributed by atoms with van der Waals surface area (Å²) < 4.78 is 4.95. The molecule has 0 aromatic rings. The van der Waals surface area contributed by atoms with Crippen molar-refractivity contribution in [3.05, 3.63) is 0 Å². The maximum Gasteiger partial charge on any atom is 0.339 e. The summed E-state index contributed by atoms with van der Waals surface area (Å²) in [4.78, 5) is 21.8. The SMILES string of the molecule is CC(Br)[C@](N)(C(=O)O)C(=O)OC(C)(C)C. The van der Waals surface area contributed by atoms with Crippen LogP contribution in [0.2, 0.25) is 0 Å². The van der Waals surface area contributed by atoms with Gasteiger partial charge < -0.3 is 15.6 Å². The molecule has 0 aliphatic rings. The van der Waals surface area contributed by atoms with Gasteiger partial charge in [0.2, 0.25) is 5.54 Å². The van der Waals surface area contributed by atoms with Crippen LogP contribution < -0.4 is 5.73 Å². The molecule has 1 unspecified atom stereocenters. The minimum atomic E-state index is -2.06. The second kappa shape index (κ2) is 4.49. The Morgan fingerprint density at radius 1 is 1.40 bits per heavy atom. The third-order valence-electron chi connectivity index (χ3n) is 1.72. The van der Waals surface area contributed by atoms with Crippen LogP contribution in [0.3, 0.4) is 0 Å². The number of hydrogen-bond donors (Lipinski definition) is 2. The number of carbonyl (C=O) groups is 2. The topological polar surface area (TPSA) is 89.6 Å². The predicted molar refractivity (Wildman–Crippen MR) is 58.8 cm³/mol. The number of aliphatic carboxylic acids is 1. The van der Waals surface area contributed by atoms with E-state index in [1.54, 1.807) is 20.8 Å². The van der Waals surface area contributed by atoms with E-state index in [9.17, 15) is 9.59 Å². The van der Waals surface area contributed by atoms with Gasteiger partial charge in [0, 0.05) is 0 Å². The highest BCUT2D eigenvalue weighted by Gasteiger charge is 2.49. The number of carboxylic acid groups (broad SMARTS) is 1. The highest BCUT2D eigenvalue weighted by atomic mass is 79.9. The average molecular weight is 282 g/mol. The number of hydrogen-bond acceptors (Lipinski definition) is 4. The number of rotatable bonds is 3. The number of alkyl halides is 1. The Kier molecular flexibility index (Phi) is 4.30. The Balaban J connectivity index is 4.97. The highest BCUT2D eigenvalue weighted by Crippen LogP contribution is 2.20. The lowest BCUT2D eigenvalue weighted by molar-refractivity contribution is -0.168. The number of carboxylic acids is 1. The number of ether oxygens (including phenoxy) is 1. The normalized spacial score (nSPS) is 17.7. The summed E-state index contributed by atoms with van der Waals surface area (Å²) in [6.45, 7) is 6.42. The van der Waals surface area contributed by atoms with Crippen LogP contribution in [-0.2, 0) is 14.3 Å². The first-order valence-electron chi connectivity index (χ1n) is 4.41. The molecular formula is C9H16BrNO4. The number of carbonyl (C=O) groups excluding carboxylic acids is 1. The monoisotopic (exact) mass is 281 g/mol. The van der Waals surface area contributed by atoms with Crippen LogP contribution in [-0.4, -0.2) is 33.0 Å². The maximum absolute atomic E-state index is 11.6. The Morgan fingerprint density at radius 2 is 1.80 bits per heavy atom. The number of nitrogens with two attached hydrogens (primary N) is 1. The van der Waals surface area contributed by atoms with Crippen LogP contribution in [0.1, 0.15) is 27.7 Å². The molecule has 0 spiro atoms. The summed E-state index contributed by atoms with van der Waals surface area (Å²) in [5, 5.41) is 8.91. The molecule has 0 radical (unpaired) electrons. The number of halogens is 1. The molecule has 0 heterocycles. The molecule has 3 N–H and O–H groups in total. The molecule has 15 heavy (non-hydrogen) atoms. The molecule has 0 fully saturated rings. The average Bonchev–Trinajstić information content (AvgIpc) is 1.98. The van der Waals surface area contributed by atoms with Gasteiger partial charge in [0.15, 0.2) is 0 Å². The smallest absolute Gasteiger partial charge is 0.339 e. The van der Waals surface area contributed by atoms with Crippen LogP contribution >= 0.6 is 15.9 Å². The fourth-order valence-electron chi connectivity index (χ4n) is 0.782. The van der Waals surface area contributed by atoms with Crippen molar-refractivity contribution in [2.75, 3.05) is 0 Å². The van der Waals surface area contributed by atoms with Crippen molar-refractivity contribution in [1.29, 1.82) is 0 Å². The molecule has 88 valence electrons. The van der Waals surface area contributed by atoms with E-state index in [4.69, 9.17) is 15.6 Å². The number of esters is 1. The molecule has 2 atom stereocenters. The first kappa shape index (κ1) is 14.4. The van der Waals surface area contributed by atoms with E-state index in [1.807, 2.05) is 0 Å². The predicted octanol–water partition coefficient (Wildman–Crippen LogP) is 0.894. The van der Waals surface area contributed by atoms with Crippen molar-refractivity contribution >= 4 is 27.9 Å². The molecule has 0 saturated heterocycles. The molecule has 0 aromatic carbocycles. The summed E-state index contributed by atoms with van der Waals surface area (Å²) in [6.07, 6.45) is 0. The molecular weight excluding hydrogens is 266 g/mol. The lowest BCUT2D eigenvalue weighted by atomic mass is 9.97. The van der Waals surface area contributed by atoms with Gasteiger partial charge in [-0.05, 0) is 27.7 Å². The third kappa shape index (κ3) is 3.46. The molecule has 5 nitrogen and oxygen atoms in total. The molecule has 0 aromatic heterocycles. The van der Waals surface area contributed by atoms with Crippen LogP contribution in [0.4, 0.5) is 0 Å². The van der Waals surface area contributed by atoms with Gasteiger partial charge in [-0.25, -0.2) is 9.59 Å². The van der Waals surface area contributed by atoms with E-state index in [0.29, 0.717) is 0 Å². The van der Waals surface area contributed by atoms with E-state index in [1.165, 1.54) is 6.92 Å². The highest BCUT2D eigenvalue weighted by molar-refractivity contribution is 9.09. The van der Waals surface area contributed by atoms with Gasteiger partial charge in [-0.15, -0.1) is 0 Å². The Bertz CT molecular complexity index is 272. The van der Waals surface area contributed by atoms with Gasteiger partial charge in [0.1, 0.15) is 5.60 Å². The van der Waals surface area contributed by atoms with Crippen LogP contribution in [0.5, 0.6) is 0 Å². The summed E-state index contributed by atoms with van der Waals surface area (Å²) >= 11 is 3.00. The van der Waals surface area contributed by atoms with E-state index in [-0.39, 0.29) is 0 Å². The van der Waals surface area contributed by atoms with Gasteiger partial charge in [-0.3, -0.25) is 0 Å². The zero-order valence-corrected chi connectivity index (χ0v) is 10.8. The first-order valence-corrected chi connectivity index (χ1v) is 5.33. The van der Waals surface area contributed by atoms with Crippen molar-refractivity contribution in [2.45, 2.75) is 43.7 Å². The van der Waals surface area contributed by atoms with Crippen LogP contribution in [0, 0.1) is 0 Å².